The maximum Gasteiger partial charge on any atom is 0.321 e. The van der Waals surface area contributed by atoms with E-state index in [0.29, 0.717) is 12.0 Å². The Hall–Kier alpha value is -1.63. The first-order chi connectivity index (χ1) is 12.8. The van der Waals surface area contributed by atoms with Gasteiger partial charge in [0.1, 0.15) is 6.33 Å². The molecule has 144 valence electrons. The van der Waals surface area contributed by atoms with Gasteiger partial charge < -0.3 is 10.2 Å². The molecule has 1 aromatic heterocycles. The second-order valence-electron chi connectivity index (χ2n) is 8.33. The summed E-state index contributed by atoms with van der Waals surface area (Å²) in [4.78, 5) is 19.0. The van der Waals surface area contributed by atoms with E-state index >= 15 is 0 Å². The summed E-state index contributed by atoms with van der Waals surface area (Å²) in [6, 6.07) is 0.491. The van der Waals surface area contributed by atoms with E-state index < -0.39 is 0 Å². The maximum atomic E-state index is 12.3. The van der Waals surface area contributed by atoms with Crippen LogP contribution in [-0.2, 0) is 0 Å². The Balaban J connectivity index is 1.21. The summed E-state index contributed by atoms with van der Waals surface area (Å²) in [5.41, 5.74) is 0. The summed E-state index contributed by atoms with van der Waals surface area (Å²) < 4.78 is 1.92. The molecule has 7 heteroatoms. The van der Waals surface area contributed by atoms with E-state index in [1.165, 1.54) is 51.5 Å². The quantitative estimate of drug-likeness (QED) is 0.846. The Morgan fingerprint density at radius 2 is 1.85 bits per heavy atom. The van der Waals surface area contributed by atoms with Crippen LogP contribution < -0.4 is 10.6 Å². The van der Waals surface area contributed by atoms with Crippen molar-refractivity contribution < 1.29 is 4.79 Å². The first-order valence-electron chi connectivity index (χ1n) is 10.5. The summed E-state index contributed by atoms with van der Waals surface area (Å²) >= 11 is 0. The fourth-order valence-corrected chi connectivity index (χ4v) is 4.85. The molecule has 3 aliphatic rings. The standard InChI is InChI=1S/C19H32N6O/c26-19(21-16-10-11-24(13-16)12-15-6-4-5-7-15)22-18-20-14-25(23-18)17-8-2-1-3-9-17/h14-17H,1-13H2,(H2,21,22,23,26). The number of nitrogens with one attached hydrogen (secondary N) is 2. The topological polar surface area (TPSA) is 75.1 Å². The van der Waals surface area contributed by atoms with Crippen molar-refractivity contribution in [3.05, 3.63) is 6.33 Å². The van der Waals surface area contributed by atoms with E-state index in [1.807, 2.05) is 4.68 Å². The van der Waals surface area contributed by atoms with E-state index in [2.05, 4.69) is 25.6 Å². The van der Waals surface area contributed by atoms with Crippen LogP contribution >= 0.6 is 0 Å². The molecule has 0 bridgehead atoms. The van der Waals surface area contributed by atoms with Crippen molar-refractivity contribution in [3.8, 4) is 0 Å². The number of anilines is 1. The lowest BCUT2D eigenvalue weighted by Crippen LogP contribution is -2.40. The lowest BCUT2D eigenvalue weighted by Gasteiger charge is -2.21. The van der Waals surface area contributed by atoms with Crippen LogP contribution in [0.4, 0.5) is 10.7 Å². The third-order valence-electron chi connectivity index (χ3n) is 6.28. The van der Waals surface area contributed by atoms with Gasteiger partial charge in [0.15, 0.2) is 0 Å². The zero-order valence-electron chi connectivity index (χ0n) is 15.7. The summed E-state index contributed by atoms with van der Waals surface area (Å²) in [5.74, 6) is 1.28. The van der Waals surface area contributed by atoms with Crippen LogP contribution in [0, 0.1) is 5.92 Å². The van der Waals surface area contributed by atoms with E-state index in [9.17, 15) is 4.79 Å². The van der Waals surface area contributed by atoms with Gasteiger partial charge in [-0.1, -0.05) is 32.1 Å². The van der Waals surface area contributed by atoms with Gasteiger partial charge in [-0.05, 0) is 38.0 Å². The van der Waals surface area contributed by atoms with Gasteiger partial charge in [0.25, 0.3) is 0 Å². The fourth-order valence-electron chi connectivity index (χ4n) is 4.85. The Labute approximate surface area is 155 Å². The molecular weight excluding hydrogens is 328 g/mol. The fraction of sp³-hybridized carbons (Fsp3) is 0.842. The van der Waals surface area contributed by atoms with Crippen molar-refractivity contribution in [1.29, 1.82) is 0 Å². The summed E-state index contributed by atoms with van der Waals surface area (Å²) in [6.45, 7) is 3.26. The molecule has 26 heavy (non-hydrogen) atoms. The van der Waals surface area contributed by atoms with Gasteiger partial charge in [-0.25, -0.2) is 14.5 Å². The zero-order chi connectivity index (χ0) is 17.8. The van der Waals surface area contributed by atoms with Gasteiger partial charge in [0.2, 0.25) is 5.95 Å². The molecule has 7 nitrogen and oxygen atoms in total. The van der Waals surface area contributed by atoms with Crippen molar-refractivity contribution in [3.63, 3.8) is 0 Å². The Morgan fingerprint density at radius 3 is 2.65 bits per heavy atom. The second kappa shape index (κ2) is 8.37. The molecule has 0 aromatic carbocycles. The SMILES string of the molecule is O=C(Nc1ncn(C2CCCCC2)n1)NC1CCN(CC2CCCC2)C1. The highest BCUT2D eigenvalue weighted by Crippen LogP contribution is 2.28. The Bertz CT molecular complexity index is 591. The van der Waals surface area contributed by atoms with Gasteiger partial charge in [-0.15, -0.1) is 5.10 Å². The molecule has 1 aliphatic heterocycles. The number of carbonyl (C=O) groups is 1. The minimum atomic E-state index is -0.181. The van der Waals surface area contributed by atoms with Gasteiger partial charge in [0, 0.05) is 25.7 Å². The number of aromatic nitrogens is 3. The molecule has 2 heterocycles. The van der Waals surface area contributed by atoms with Crippen molar-refractivity contribution >= 4 is 12.0 Å². The Kier molecular flexibility index (Phi) is 5.72. The number of nitrogens with zero attached hydrogens (tertiary/aromatic N) is 4. The van der Waals surface area contributed by atoms with Crippen molar-refractivity contribution in [2.75, 3.05) is 25.0 Å². The third-order valence-corrected chi connectivity index (χ3v) is 6.28. The first-order valence-corrected chi connectivity index (χ1v) is 10.5. The number of urea groups is 1. The Morgan fingerprint density at radius 1 is 1.08 bits per heavy atom. The highest BCUT2D eigenvalue weighted by atomic mass is 16.2. The van der Waals surface area contributed by atoms with Crippen LogP contribution in [0.2, 0.25) is 0 Å². The number of rotatable bonds is 5. The molecule has 0 radical (unpaired) electrons. The summed E-state index contributed by atoms with van der Waals surface area (Å²) in [5, 5.41) is 10.3. The lowest BCUT2D eigenvalue weighted by atomic mass is 9.96. The lowest BCUT2D eigenvalue weighted by molar-refractivity contribution is 0.245. The van der Waals surface area contributed by atoms with Gasteiger partial charge >= 0.3 is 6.03 Å². The van der Waals surface area contributed by atoms with Crippen LogP contribution in [0.1, 0.15) is 70.3 Å². The molecule has 0 spiro atoms. The summed E-state index contributed by atoms with van der Waals surface area (Å²) in [6.07, 6.45) is 14.5. The maximum absolute atomic E-state index is 12.3. The monoisotopic (exact) mass is 360 g/mol. The number of carbonyl (C=O) groups excluding carboxylic acids is 1. The average Bonchev–Trinajstić information content (AvgIpc) is 3.39. The zero-order valence-corrected chi connectivity index (χ0v) is 15.7. The molecule has 1 unspecified atom stereocenters. The van der Waals surface area contributed by atoms with Gasteiger partial charge in [0.05, 0.1) is 6.04 Å². The molecule has 1 atom stereocenters. The van der Waals surface area contributed by atoms with Crippen molar-refractivity contribution in [1.82, 2.24) is 25.0 Å². The van der Waals surface area contributed by atoms with Crippen LogP contribution in [-0.4, -0.2) is 51.4 Å². The molecule has 3 fully saturated rings. The molecule has 4 rings (SSSR count). The first kappa shape index (κ1) is 17.8. The number of hydrogen-bond donors (Lipinski definition) is 2. The predicted octanol–water partition coefficient (Wildman–Crippen LogP) is 3.17. The highest BCUT2D eigenvalue weighted by molar-refractivity contribution is 5.87. The third kappa shape index (κ3) is 4.55. The minimum absolute atomic E-state index is 0.181. The largest absolute Gasteiger partial charge is 0.334 e. The highest BCUT2D eigenvalue weighted by Gasteiger charge is 2.27. The van der Waals surface area contributed by atoms with E-state index in [4.69, 9.17) is 0 Å². The van der Waals surface area contributed by atoms with E-state index in [1.54, 1.807) is 6.33 Å². The minimum Gasteiger partial charge on any atom is -0.334 e. The molecule has 1 saturated heterocycles. The van der Waals surface area contributed by atoms with E-state index in [-0.39, 0.29) is 12.1 Å². The molecular formula is C19H32N6O. The smallest absolute Gasteiger partial charge is 0.321 e. The summed E-state index contributed by atoms with van der Waals surface area (Å²) in [7, 11) is 0. The molecule has 2 amide bonds. The van der Waals surface area contributed by atoms with Crippen molar-refractivity contribution in [2.45, 2.75) is 76.3 Å². The molecule has 2 aliphatic carbocycles. The van der Waals surface area contributed by atoms with Crippen molar-refractivity contribution in [2.24, 2.45) is 5.92 Å². The van der Waals surface area contributed by atoms with Crippen LogP contribution in [0.3, 0.4) is 0 Å². The average molecular weight is 361 g/mol. The van der Waals surface area contributed by atoms with Crippen LogP contribution in [0.5, 0.6) is 0 Å². The van der Waals surface area contributed by atoms with Gasteiger partial charge in [-0.2, -0.15) is 0 Å². The number of likely N-dealkylation sites (tertiary alicyclic amines) is 1. The second-order valence-corrected chi connectivity index (χ2v) is 8.33. The number of hydrogen-bond acceptors (Lipinski definition) is 4. The van der Waals surface area contributed by atoms with E-state index in [0.717, 1.165) is 38.3 Å². The molecule has 2 saturated carbocycles. The van der Waals surface area contributed by atoms with Crippen LogP contribution in [0.15, 0.2) is 6.33 Å². The molecule has 2 N–H and O–H groups in total. The van der Waals surface area contributed by atoms with Gasteiger partial charge in [-0.3, -0.25) is 5.32 Å². The number of amides is 2. The molecule has 1 aromatic rings. The normalized spacial score (nSPS) is 25.6. The predicted molar refractivity (Wildman–Crippen MR) is 101 cm³/mol. The van der Waals surface area contributed by atoms with Crippen LogP contribution in [0.25, 0.3) is 0 Å².